The molecule has 1 aromatic carbocycles. The summed E-state index contributed by atoms with van der Waals surface area (Å²) in [6.07, 6.45) is -0.436. The van der Waals surface area contributed by atoms with Gasteiger partial charge in [-0.25, -0.2) is 0 Å². The summed E-state index contributed by atoms with van der Waals surface area (Å²) in [5, 5.41) is 20.3. The Morgan fingerprint density at radius 2 is 1.88 bits per heavy atom. The van der Waals surface area contributed by atoms with Crippen molar-refractivity contribution in [3.63, 3.8) is 0 Å². The van der Waals surface area contributed by atoms with Crippen molar-refractivity contribution in [1.82, 2.24) is 9.55 Å². The minimum atomic E-state index is -1.26. The van der Waals surface area contributed by atoms with E-state index in [1.165, 1.54) is 19.1 Å². The quantitative estimate of drug-likeness (QED) is 0.464. The zero-order valence-corrected chi connectivity index (χ0v) is 17.7. The molecule has 33 heavy (non-hydrogen) atoms. The largest absolute Gasteiger partial charge is 0.507 e. The maximum atomic E-state index is 13.2. The lowest BCUT2D eigenvalue weighted by atomic mass is 9.88. The highest BCUT2D eigenvalue weighted by Gasteiger charge is 2.29. The number of pyridine rings is 2. The lowest BCUT2D eigenvalue weighted by Crippen LogP contribution is -2.32. The molecule has 0 saturated heterocycles. The first-order valence-corrected chi connectivity index (χ1v) is 9.88. The molecule has 0 unspecified atom stereocenters. The number of carboxylic acid groups (broad SMARTS) is 1. The third-order valence-corrected chi connectivity index (χ3v) is 5.50. The number of rotatable bonds is 6. The fraction of sp³-hybridized carbons (Fsp3) is 0.273. The number of H-pyrrole nitrogens is 1. The summed E-state index contributed by atoms with van der Waals surface area (Å²) in [4.78, 5) is 52.3. The number of carbonyl (C=O) groups excluding carboxylic acids is 1. The Morgan fingerprint density at radius 3 is 2.55 bits per heavy atom. The van der Waals surface area contributed by atoms with Gasteiger partial charge in [-0.3, -0.25) is 19.2 Å². The van der Waals surface area contributed by atoms with E-state index in [1.54, 1.807) is 12.1 Å². The van der Waals surface area contributed by atoms with Crippen LogP contribution in [0.4, 0.5) is 0 Å². The summed E-state index contributed by atoms with van der Waals surface area (Å²) >= 11 is 0. The number of methoxy groups -OCH3 is 1. The van der Waals surface area contributed by atoms with Crippen molar-refractivity contribution in [3.05, 3.63) is 61.8 Å². The van der Waals surface area contributed by atoms with Crippen LogP contribution in [0.2, 0.25) is 0 Å². The molecule has 0 fully saturated rings. The highest BCUT2D eigenvalue weighted by atomic mass is 16.7. The number of hydrogen-bond acceptors (Lipinski definition) is 8. The van der Waals surface area contributed by atoms with E-state index in [2.05, 4.69) is 4.98 Å². The molecule has 172 valence electrons. The summed E-state index contributed by atoms with van der Waals surface area (Å²) in [6, 6.07) is 5.95. The van der Waals surface area contributed by atoms with Crippen molar-refractivity contribution < 1.29 is 34.0 Å². The van der Waals surface area contributed by atoms with Gasteiger partial charge in [-0.05, 0) is 25.1 Å². The SMILES string of the molecule is COC(=O)C[C@@H](c1cc2cc3c(cc2[nH]c1=O)OCO3)c1c(O)cc(C)n(CC(=O)O)c1=O. The topological polar surface area (TPSA) is 157 Å². The minimum Gasteiger partial charge on any atom is -0.507 e. The van der Waals surface area contributed by atoms with E-state index in [1.807, 2.05) is 0 Å². The van der Waals surface area contributed by atoms with Crippen molar-refractivity contribution in [1.29, 1.82) is 0 Å². The predicted octanol–water partition coefficient (Wildman–Crippen LogP) is 1.21. The number of aromatic amines is 1. The van der Waals surface area contributed by atoms with Gasteiger partial charge in [0.25, 0.3) is 11.1 Å². The molecule has 3 N–H and O–H groups in total. The molecule has 4 rings (SSSR count). The summed E-state index contributed by atoms with van der Waals surface area (Å²) < 4.78 is 16.4. The van der Waals surface area contributed by atoms with Gasteiger partial charge in [-0.1, -0.05) is 0 Å². The Kier molecular flexibility index (Phi) is 5.54. The Balaban J connectivity index is 1.95. The van der Waals surface area contributed by atoms with Crippen LogP contribution >= 0.6 is 0 Å². The van der Waals surface area contributed by atoms with Gasteiger partial charge in [0.15, 0.2) is 11.5 Å². The van der Waals surface area contributed by atoms with Crippen molar-refractivity contribution in [2.75, 3.05) is 13.9 Å². The molecule has 1 aliphatic rings. The standard InChI is InChI=1S/C22H20N2O9/c1-10-3-15(25)20(22(30)24(10)8-18(26)27)12(6-19(28)31-2)13-4-11-5-16-17(33-9-32-16)7-14(11)23-21(13)29/h3-5,7,12,25H,6,8-9H2,1-2H3,(H,23,29)(H,26,27)/t12-/m0/s1. The maximum absolute atomic E-state index is 13.2. The highest BCUT2D eigenvalue weighted by molar-refractivity contribution is 5.84. The molecule has 3 heterocycles. The zero-order chi connectivity index (χ0) is 23.9. The van der Waals surface area contributed by atoms with Crippen molar-refractivity contribution in [3.8, 4) is 17.2 Å². The summed E-state index contributed by atoms with van der Waals surface area (Å²) in [5.41, 5.74) is -1.03. The molecular weight excluding hydrogens is 436 g/mol. The van der Waals surface area contributed by atoms with Crippen LogP contribution in [-0.2, 0) is 20.9 Å². The van der Waals surface area contributed by atoms with Crippen LogP contribution in [-0.4, -0.2) is 45.6 Å². The number of nitrogens with zero attached hydrogens (tertiary/aromatic N) is 1. The first-order chi connectivity index (χ1) is 15.7. The second kappa shape index (κ2) is 8.34. The van der Waals surface area contributed by atoms with Gasteiger partial charge in [0.05, 0.1) is 24.6 Å². The summed E-state index contributed by atoms with van der Waals surface area (Å²) in [6.45, 7) is 0.850. The minimum absolute atomic E-state index is 0.0184. The van der Waals surface area contributed by atoms with E-state index in [0.717, 1.165) is 11.7 Å². The molecule has 3 aromatic rings. The van der Waals surface area contributed by atoms with Gasteiger partial charge in [0.1, 0.15) is 12.3 Å². The number of ether oxygens (including phenoxy) is 3. The number of benzene rings is 1. The number of carbonyl (C=O) groups is 2. The zero-order valence-electron chi connectivity index (χ0n) is 17.7. The van der Waals surface area contributed by atoms with E-state index < -0.39 is 47.7 Å². The Hall–Kier alpha value is -4.28. The second-order valence-corrected chi connectivity index (χ2v) is 7.55. The van der Waals surface area contributed by atoms with E-state index in [4.69, 9.17) is 14.2 Å². The number of esters is 1. The molecule has 0 saturated carbocycles. The van der Waals surface area contributed by atoms with Crippen molar-refractivity contribution in [2.45, 2.75) is 25.8 Å². The Labute approximate surface area is 185 Å². The number of nitrogens with one attached hydrogen (secondary N) is 1. The van der Waals surface area contributed by atoms with Crippen LogP contribution in [0.1, 0.15) is 29.2 Å². The number of hydrogen-bond donors (Lipinski definition) is 3. The molecule has 0 aliphatic carbocycles. The van der Waals surface area contributed by atoms with E-state index >= 15 is 0 Å². The third kappa shape index (κ3) is 4.00. The van der Waals surface area contributed by atoms with Gasteiger partial charge in [-0.15, -0.1) is 0 Å². The molecule has 0 amide bonds. The Morgan fingerprint density at radius 1 is 1.18 bits per heavy atom. The number of aromatic hydroxyl groups is 1. The monoisotopic (exact) mass is 456 g/mol. The molecule has 0 bridgehead atoms. The molecule has 0 spiro atoms. The number of fused-ring (bicyclic) bond motifs is 2. The molecule has 2 aromatic heterocycles. The number of carboxylic acids is 1. The van der Waals surface area contributed by atoms with Crippen LogP contribution in [0.5, 0.6) is 17.2 Å². The molecule has 1 atom stereocenters. The number of aliphatic carboxylic acids is 1. The highest BCUT2D eigenvalue weighted by Crippen LogP contribution is 2.37. The summed E-state index contributed by atoms with van der Waals surface area (Å²) in [5.74, 6) is -2.73. The van der Waals surface area contributed by atoms with Crippen LogP contribution in [0.25, 0.3) is 10.9 Å². The van der Waals surface area contributed by atoms with Gasteiger partial charge < -0.3 is 34.0 Å². The Bertz CT molecular complexity index is 1400. The van der Waals surface area contributed by atoms with Crippen LogP contribution in [0.3, 0.4) is 0 Å². The first kappa shape index (κ1) is 21.9. The molecular formula is C22H20N2O9. The maximum Gasteiger partial charge on any atom is 0.323 e. The van der Waals surface area contributed by atoms with Crippen LogP contribution < -0.4 is 20.6 Å². The van der Waals surface area contributed by atoms with Crippen molar-refractivity contribution in [2.24, 2.45) is 0 Å². The van der Waals surface area contributed by atoms with Gasteiger partial charge in [0.2, 0.25) is 6.79 Å². The first-order valence-electron chi connectivity index (χ1n) is 9.88. The van der Waals surface area contributed by atoms with Crippen LogP contribution in [0, 0.1) is 6.92 Å². The lowest BCUT2D eigenvalue weighted by molar-refractivity contribution is -0.141. The molecule has 11 heteroatoms. The van der Waals surface area contributed by atoms with Crippen molar-refractivity contribution >= 4 is 22.8 Å². The lowest BCUT2D eigenvalue weighted by Gasteiger charge is -2.19. The fourth-order valence-corrected chi connectivity index (χ4v) is 3.92. The van der Waals surface area contributed by atoms with E-state index in [9.17, 15) is 29.4 Å². The van der Waals surface area contributed by atoms with Gasteiger partial charge in [-0.2, -0.15) is 0 Å². The fourth-order valence-electron chi connectivity index (χ4n) is 3.92. The molecule has 0 radical (unpaired) electrons. The van der Waals surface area contributed by atoms with Gasteiger partial charge >= 0.3 is 11.9 Å². The van der Waals surface area contributed by atoms with E-state index in [0.29, 0.717) is 22.4 Å². The predicted molar refractivity (Wildman–Crippen MR) is 114 cm³/mol. The second-order valence-electron chi connectivity index (χ2n) is 7.55. The average molecular weight is 456 g/mol. The molecule has 1 aliphatic heterocycles. The average Bonchev–Trinajstić information content (AvgIpc) is 3.20. The normalized spacial score (nSPS) is 13.2. The van der Waals surface area contributed by atoms with Crippen LogP contribution in [0.15, 0.2) is 33.9 Å². The van der Waals surface area contributed by atoms with E-state index in [-0.39, 0.29) is 23.6 Å². The molecule has 11 nitrogen and oxygen atoms in total. The number of aromatic nitrogens is 2. The smallest absolute Gasteiger partial charge is 0.323 e. The summed E-state index contributed by atoms with van der Waals surface area (Å²) in [7, 11) is 1.16. The third-order valence-electron chi connectivity index (χ3n) is 5.50. The number of aryl methyl sites for hydroxylation is 1. The van der Waals surface area contributed by atoms with Gasteiger partial charge in [0, 0.05) is 28.6 Å².